The number of hydrogen-bond acceptors (Lipinski definition) is 4. The van der Waals surface area contributed by atoms with Crippen LogP contribution in [0.15, 0.2) is 47.4 Å². The number of likely N-dealkylation sites (N-methyl/N-ethyl adjacent to an activating group) is 1. The van der Waals surface area contributed by atoms with Crippen LogP contribution < -0.4 is 10.1 Å². The van der Waals surface area contributed by atoms with Crippen LogP contribution in [0.3, 0.4) is 0 Å². The van der Waals surface area contributed by atoms with Gasteiger partial charge in [0.15, 0.2) is 0 Å². The van der Waals surface area contributed by atoms with E-state index < -0.39 is 6.36 Å². The lowest BCUT2D eigenvalue weighted by molar-refractivity contribution is -0.274. The molecule has 0 fully saturated rings. The van der Waals surface area contributed by atoms with Gasteiger partial charge in [-0.05, 0) is 42.5 Å². The fourth-order valence-electron chi connectivity index (χ4n) is 2.63. The third kappa shape index (κ3) is 6.70. The topological polar surface area (TPSA) is 58.6 Å². The molecule has 5 nitrogen and oxygen atoms in total. The molecule has 2 aromatic carbocycles. The van der Waals surface area contributed by atoms with Gasteiger partial charge in [0.05, 0.1) is 12.1 Å². The fraction of sp³-hybridized carbons (Fsp3) is 0.300. The number of ether oxygens (including phenoxy) is 1. The first-order valence-electron chi connectivity index (χ1n) is 8.61. The van der Waals surface area contributed by atoms with E-state index in [2.05, 4.69) is 10.1 Å². The summed E-state index contributed by atoms with van der Waals surface area (Å²) in [6, 6.07) is 10.8. The Kier molecular flexibility index (Phi) is 7.55. The van der Waals surface area contributed by atoms with Crippen LogP contribution in [0.1, 0.15) is 21.5 Å². The summed E-state index contributed by atoms with van der Waals surface area (Å²) in [7, 11) is 1.54. The molecule has 0 spiro atoms. The summed E-state index contributed by atoms with van der Waals surface area (Å²) in [6.45, 7) is 1.82. The van der Waals surface area contributed by atoms with Gasteiger partial charge in [-0.1, -0.05) is 24.3 Å². The van der Waals surface area contributed by atoms with Gasteiger partial charge in [-0.3, -0.25) is 9.59 Å². The molecule has 2 aromatic rings. The molecule has 156 valence electrons. The summed E-state index contributed by atoms with van der Waals surface area (Å²) in [5.74, 6) is -0.965. The molecule has 2 rings (SSSR count). The lowest BCUT2D eigenvalue weighted by atomic mass is 10.1. The number of alkyl halides is 3. The van der Waals surface area contributed by atoms with E-state index in [0.29, 0.717) is 11.1 Å². The van der Waals surface area contributed by atoms with Crippen molar-refractivity contribution in [2.75, 3.05) is 19.8 Å². The van der Waals surface area contributed by atoms with Gasteiger partial charge >= 0.3 is 6.36 Å². The smallest absolute Gasteiger partial charge is 0.406 e. The standard InChI is InChI=1S/C20H21F3N2O3S/c1-13-5-4-6-16(29-3)18(13)19(27)25(2)12-17(26)24-11-14-7-9-15(10-8-14)28-20(21,22)23/h4-10H,11-12H2,1-3H3,(H,24,26). The highest BCUT2D eigenvalue weighted by Crippen LogP contribution is 2.24. The Labute approximate surface area is 171 Å². The average molecular weight is 426 g/mol. The van der Waals surface area contributed by atoms with Gasteiger partial charge in [0.25, 0.3) is 5.91 Å². The number of rotatable bonds is 7. The van der Waals surface area contributed by atoms with Crippen LogP contribution in [-0.4, -0.2) is 42.9 Å². The quantitative estimate of drug-likeness (QED) is 0.680. The van der Waals surface area contributed by atoms with Gasteiger partial charge in [-0.25, -0.2) is 0 Å². The summed E-state index contributed by atoms with van der Waals surface area (Å²) < 4.78 is 40.3. The Balaban J connectivity index is 1.91. The van der Waals surface area contributed by atoms with Crippen LogP contribution in [0.2, 0.25) is 0 Å². The van der Waals surface area contributed by atoms with Crippen LogP contribution in [0.4, 0.5) is 13.2 Å². The minimum absolute atomic E-state index is 0.119. The van der Waals surface area contributed by atoms with Crippen molar-refractivity contribution in [1.29, 1.82) is 0 Å². The van der Waals surface area contributed by atoms with Crippen molar-refractivity contribution < 1.29 is 27.5 Å². The highest BCUT2D eigenvalue weighted by atomic mass is 32.2. The fourth-order valence-corrected chi connectivity index (χ4v) is 3.30. The Bertz CT molecular complexity index is 870. The Hall–Kier alpha value is -2.68. The van der Waals surface area contributed by atoms with Crippen molar-refractivity contribution in [3.8, 4) is 5.75 Å². The molecule has 0 unspecified atom stereocenters. The summed E-state index contributed by atoms with van der Waals surface area (Å²) in [4.78, 5) is 27.1. The van der Waals surface area contributed by atoms with Crippen LogP contribution in [-0.2, 0) is 11.3 Å². The Morgan fingerprint density at radius 3 is 2.38 bits per heavy atom. The zero-order chi connectivity index (χ0) is 21.6. The molecule has 9 heteroatoms. The highest BCUT2D eigenvalue weighted by Gasteiger charge is 2.30. The van der Waals surface area contributed by atoms with E-state index in [0.717, 1.165) is 10.5 Å². The number of nitrogens with one attached hydrogen (secondary N) is 1. The first-order valence-corrected chi connectivity index (χ1v) is 9.83. The second-order valence-corrected chi connectivity index (χ2v) is 7.13. The van der Waals surface area contributed by atoms with Gasteiger partial charge < -0.3 is 15.0 Å². The molecule has 0 heterocycles. The summed E-state index contributed by atoms with van der Waals surface area (Å²) in [6.07, 6.45) is -2.87. The first-order chi connectivity index (χ1) is 13.6. The molecule has 0 saturated carbocycles. The van der Waals surface area contributed by atoms with E-state index in [-0.39, 0.29) is 30.7 Å². The van der Waals surface area contributed by atoms with Crippen LogP contribution >= 0.6 is 11.8 Å². The maximum Gasteiger partial charge on any atom is 0.573 e. The van der Waals surface area contributed by atoms with Crippen molar-refractivity contribution in [2.45, 2.75) is 24.7 Å². The Morgan fingerprint density at radius 1 is 1.14 bits per heavy atom. The third-order valence-electron chi connectivity index (χ3n) is 4.04. The van der Waals surface area contributed by atoms with E-state index in [4.69, 9.17) is 0 Å². The van der Waals surface area contributed by atoms with Crippen molar-refractivity contribution >= 4 is 23.6 Å². The largest absolute Gasteiger partial charge is 0.573 e. The number of aryl methyl sites for hydroxylation is 1. The summed E-state index contributed by atoms with van der Waals surface area (Å²) in [5, 5.41) is 2.65. The molecule has 0 aliphatic carbocycles. The van der Waals surface area contributed by atoms with Crippen LogP contribution in [0, 0.1) is 6.92 Å². The van der Waals surface area contributed by atoms with E-state index in [1.165, 1.54) is 40.9 Å². The predicted octanol–water partition coefficient (Wildman–Crippen LogP) is 4.00. The normalized spacial score (nSPS) is 11.1. The van der Waals surface area contributed by atoms with Gasteiger partial charge in [-0.15, -0.1) is 24.9 Å². The zero-order valence-electron chi connectivity index (χ0n) is 16.2. The third-order valence-corrected chi connectivity index (χ3v) is 4.82. The maximum atomic E-state index is 12.7. The molecule has 1 N–H and O–H groups in total. The van der Waals surface area contributed by atoms with E-state index in [9.17, 15) is 22.8 Å². The average Bonchev–Trinajstić information content (AvgIpc) is 2.65. The molecular formula is C20H21F3N2O3S. The Morgan fingerprint density at radius 2 is 1.79 bits per heavy atom. The van der Waals surface area contributed by atoms with E-state index >= 15 is 0 Å². The molecule has 2 amide bonds. The van der Waals surface area contributed by atoms with E-state index in [1.54, 1.807) is 7.05 Å². The number of thioether (sulfide) groups is 1. The van der Waals surface area contributed by atoms with E-state index in [1.807, 2.05) is 31.4 Å². The SMILES string of the molecule is CSc1cccc(C)c1C(=O)N(C)CC(=O)NCc1ccc(OC(F)(F)F)cc1. The van der Waals surface area contributed by atoms with Crippen molar-refractivity contribution in [3.63, 3.8) is 0 Å². The molecular weight excluding hydrogens is 405 g/mol. The van der Waals surface area contributed by atoms with Gasteiger partial charge in [-0.2, -0.15) is 0 Å². The van der Waals surface area contributed by atoms with Crippen molar-refractivity contribution in [2.24, 2.45) is 0 Å². The van der Waals surface area contributed by atoms with Gasteiger partial charge in [0.1, 0.15) is 5.75 Å². The highest BCUT2D eigenvalue weighted by molar-refractivity contribution is 7.98. The molecule has 0 atom stereocenters. The number of amides is 2. The molecule has 0 aromatic heterocycles. The molecule has 0 aliphatic heterocycles. The van der Waals surface area contributed by atoms with Crippen molar-refractivity contribution in [1.82, 2.24) is 10.2 Å². The lowest BCUT2D eigenvalue weighted by Crippen LogP contribution is -2.38. The van der Waals surface area contributed by atoms with Crippen LogP contribution in [0.5, 0.6) is 5.75 Å². The number of hydrogen-bond donors (Lipinski definition) is 1. The number of nitrogens with zero attached hydrogens (tertiary/aromatic N) is 1. The first kappa shape index (κ1) is 22.6. The lowest BCUT2D eigenvalue weighted by Gasteiger charge is -2.19. The molecule has 0 radical (unpaired) electrons. The second kappa shape index (κ2) is 9.69. The number of carbonyl (C=O) groups excluding carboxylic acids is 2. The molecule has 0 bridgehead atoms. The molecule has 0 aliphatic rings. The molecule has 29 heavy (non-hydrogen) atoms. The number of carbonyl (C=O) groups is 2. The second-order valence-electron chi connectivity index (χ2n) is 6.28. The number of benzene rings is 2. The van der Waals surface area contributed by atoms with Gasteiger partial charge in [0.2, 0.25) is 5.91 Å². The summed E-state index contributed by atoms with van der Waals surface area (Å²) >= 11 is 1.46. The monoisotopic (exact) mass is 426 g/mol. The minimum atomic E-state index is -4.75. The molecule has 0 saturated heterocycles. The minimum Gasteiger partial charge on any atom is -0.406 e. The maximum absolute atomic E-state index is 12.7. The van der Waals surface area contributed by atoms with Crippen LogP contribution in [0.25, 0.3) is 0 Å². The van der Waals surface area contributed by atoms with Crippen molar-refractivity contribution in [3.05, 3.63) is 59.2 Å². The summed E-state index contributed by atoms with van der Waals surface area (Å²) in [5.41, 5.74) is 2.00. The zero-order valence-corrected chi connectivity index (χ0v) is 17.0. The number of halogens is 3. The predicted molar refractivity (Wildman–Crippen MR) is 105 cm³/mol. The van der Waals surface area contributed by atoms with Gasteiger partial charge in [0, 0.05) is 18.5 Å².